The number of nitrogens with zero attached hydrogens (tertiary/aromatic N) is 1. The van der Waals surface area contributed by atoms with Crippen molar-refractivity contribution in [3.05, 3.63) is 0 Å². The van der Waals surface area contributed by atoms with Crippen LogP contribution in [0.5, 0.6) is 0 Å². The average molecular weight is 246 g/mol. The van der Waals surface area contributed by atoms with Crippen molar-refractivity contribution in [2.75, 3.05) is 11.5 Å². The third kappa shape index (κ3) is 1.92. The van der Waals surface area contributed by atoms with Gasteiger partial charge in [-0.2, -0.15) is 0 Å². The summed E-state index contributed by atoms with van der Waals surface area (Å²) in [5.74, 6) is -1.51. The Hall–Kier alpha value is -1.44. The van der Waals surface area contributed by atoms with E-state index in [1.54, 1.807) is 0 Å². The van der Waals surface area contributed by atoms with Crippen molar-refractivity contribution in [1.82, 2.24) is 10.2 Å². The minimum Gasteiger partial charge on any atom is -0.277 e. The highest BCUT2D eigenvalue weighted by Gasteiger charge is 2.41. The maximum atomic E-state index is 11.5. The van der Waals surface area contributed by atoms with Gasteiger partial charge in [0.25, 0.3) is 0 Å². The first-order valence-corrected chi connectivity index (χ1v) is 6.57. The monoisotopic (exact) mass is 246 g/mol. The second kappa shape index (κ2) is 3.55. The number of sulfone groups is 1. The van der Waals surface area contributed by atoms with Crippen LogP contribution in [0.15, 0.2) is 0 Å². The van der Waals surface area contributed by atoms with E-state index in [4.69, 9.17) is 0 Å². The van der Waals surface area contributed by atoms with Crippen molar-refractivity contribution in [3.63, 3.8) is 0 Å². The fourth-order valence-corrected chi connectivity index (χ4v) is 3.61. The van der Waals surface area contributed by atoms with Crippen molar-refractivity contribution in [2.24, 2.45) is 0 Å². The molecule has 1 N–H and O–H groups in total. The molecule has 2 aliphatic rings. The molecular weight excluding hydrogens is 236 g/mol. The summed E-state index contributed by atoms with van der Waals surface area (Å²) in [4.78, 5) is 34.6. The Morgan fingerprint density at radius 2 is 1.94 bits per heavy atom. The van der Waals surface area contributed by atoms with Gasteiger partial charge in [0.15, 0.2) is 9.84 Å². The zero-order valence-electron chi connectivity index (χ0n) is 8.30. The first-order valence-electron chi connectivity index (χ1n) is 4.75. The molecule has 8 heteroatoms. The lowest BCUT2D eigenvalue weighted by Crippen LogP contribution is -2.56. The van der Waals surface area contributed by atoms with Crippen molar-refractivity contribution in [2.45, 2.75) is 18.9 Å². The van der Waals surface area contributed by atoms with Gasteiger partial charge in [0.05, 0.1) is 17.5 Å². The molecule has 0 spiro atoms. The molecule has 0 bridgehead atoms. The Balaban J connectivity index is 2.18. The summed E-state index contributed by atoms with van der Waals surface area (Å²) >= 11 is 0. The zero-order chi connectivity index (χ0) is 11.9. The average Bonchev–Trinajstić information content (AvgIpc) is 2.44. The van der Waals surface area contributed by atoms with Crippen LogP contribution in [-0.2, 0) is 19.4 Å². The van der Waals surface area contributed by atoms with E-state index in [9.17, 15) is 22.8 Å². The van der Waals surface area contributed by atoms with Gasteiger partial charge in [-0.1, -0.05) is 0 Å². The number of rotatable bonds is 1. The third-order valence-corrected chi connectivity index (χ3v) is 4.37. The number of amides is 4. The van der Waals surface area contributed by atoms with Crippen molar-refractivity contribution < 1.29 is 22.8 Å². The lowest BCUT2D eigenvalue weighted by atomic mass is 10.2. The van der Waals surface area contributed by atoms with Gasteiger partial charge in [0.2, 0.25) is 11.8 Å². The number of hydrogen-bond acceptors (Lipinski definition) is 5. The SMILES string of the molecule is O=C1CC(=O)N(C2CCS(=O)(=O)C2)C(=O)N1. The number of imide groups is 2. The molecule has 0 aliphatic carbocycles. The fourth-order valence-electron chi connectivity index (χ4n) is 1.91. The highest BCUT2D eigenvalue weighted by molar-refractivity contribution is 7.91. The number of barbiturate groups is 1. The van der Waals surface area contributed by atoms with Gasteiger partial charge in [-0.3, -0.25) is 19.8 Å². The summed E-state index contributed by atoms with van der Waals surface area (Å²) in [7, 11) is -3.16. The second-order valence-corrected chi connectivity index (χ2v) is 6.08. The molecule has 0 aromatic rings. The van der Waals surface area contributed by atoms with E-state index in [1.165, 1.54) is 0 Å². The highest BCUT2D eigenvalue weighted by Crippen LogP contribution is 2.20. The van der Waals surface area contributed by atoms with Gasteiger partial charge in [-0.25, -0.2) is 13.2 Å². The molecule has 0 aromatic heterocycles. The van der Waals surface area contributed by atoms with Gasteiger partial charge in [0, 0.05) is 0 Å². The van der Waals surface area contributed by atoms with Crippen molar-refractivity contribution in [3.8, 4) is 0 Å². The Bertz CT molecular complexity index is 449. The lowest BCUT2D eigenvalue weighted by molar-refractivity contribution is -0.137. The van der Waals surface area contributed by atoms with Crippen LogP contribution >= 0.6 is 0 Å². The van der Waals surface area contributed by atoms with Crippen LogP contribution in [0.4, 0.5) is 4.79 Å². The second-order valence-electron chi connectivity index (χ2n) is 3.85. The number of carbonyl (C=O) groups excluding carboxylic acids is 3. The molecule has 2 aliphatic heterocycles. The van der Waals surface area contributed by atoms with Gasteiger partial charge in [0.1, 0.15) is 6.42 Å². The molecule has 16 heavy (non-hydrogen) atoms. The minimum atomic E-state index is -3.16. The molecule has 88 valence electrons. The van der Waals surface area contributed by atoms with Crippen LogP contribution in [0, 0.1) is 0 Å². The molecular formula is C8H10N2O5S. The van der Waals surface area contributed by atoms with E-state index < -0.39 is 40.1 Å². The van der Waals surface area contributed by atoms with Gasteiger partial charge < -0.3 is 0 Å². The fraction of sp³-hybridized carbons (Fsp3) is 0.625. The van der Waals surface area contributed by atoms with Crippen LogP contribution in [0.25, 0.3) is 0 Å². The normalized spacial score (nSPS) is 29.4. The van der Waals surface area contributed by atoms with E-state index in [1.807, 2.05) is 5.32 Å². The van der Waals surface area contributed by atoms with Crippen LogP contribution in [0.2, 0.25) is 0 Å². The first-order chi connectivity index (χ1) is 7.39. The number of urea groups is 1. The number of hydrogen-bond donors (Lipinski definition) is 1. The van der Waals surface area contributed by atoms with Crippen LogP contribution in [0.3, 0.4) is 0 Å². The van der Waals surface area contributed by atoms with E-state index in [-0.39, 0.29) is 17.9 Å². The molecule has 0 saturated carbocycles. The predicted octanol–water partition coefficient (Wildman–Crippen LogP) is -1.36. The largest absolute Gasteiger partial charge is 0.331 e. The molecule has 0 radical (unpaired) electrons. The quantitative estimate of drug-likeness (QED) is 0.576. The number of nitrogens with one attached hydrogen (secondary N) is 1. The van der Waals surface area contributed by atoms with Gasteiger partial charge in [-0.15, -0.1) is 0 Å². The van der Waals surface area contributed by atoms with Crippen LogP contribution in [0.1, 0.15) is 12.8 Å². The zero-order valence-corrected chi connectivity index (χ0v) is 9.12. The highest BCUT2D eigenvalue weighted by atomic mass is 32.2. The maximum Gasteiger partial charge on any atom is 0.331 e. The molecule has 2 rings (SSSR count). The summed E-state index contributed by atoms with van der Waals surface area (Å²) in [5.41, 5.74) is 0. The van der Waals surface area contributed by atoms with E-state index in [0.29, 0.717) is 0 Å². The minimum absolute atomic E-state index is 0.0251. The van der Waals surface area contributed by atoms with Crippen molar-refractivity contribution in [1.29, 1.82) is 0 Å². The maximum absolute atomic E-state index is 11.5. The molecule has 7 nitrogen and oxygen atoms in total. The van der Waals surface area contributed by atoms with Gasteiger partial charge >= 0.3 is 6.03 Å². The Morgan fingerprint density at radius 1 is 1.25 bits per heavy atom. The van der Waals surface area contributed by atoms with Gasteiger partial charge in [-0.05, 0) is 6.42 Å². The Morgan fingerprint density at radius 3 is 2.44 bits per heavy atom. The molecule has 2 heterocycles. The summed E-state index contributed by atoms with van der Waals surface area (Å²) in [6, 6.07) is -1.45. The van der Waals surface area contributed by atoms with E-state index >= 15 is 0 Å². The molecule has 0 aromatic carbocycles. The standard InChI is InChI=1S/C8H10N2O5S/c11-6-3-7(12)10(8(13)9-6)5-1-2-16(14,15)4-5/h5H,1-4H2,(H,9,11,13). The van der Waals surface area contributed by atoms with E-state index in [0.717, 1.165) is 4.90 Å². The topological polar surface area (TPSA) is 101 Å². The summed E-state index contributed by atoms with van der Waals surface area (Å²) in [6.45, 7) is 0. The summed E-state index contributed by atoms with van der Waals surface area (Å²) in [5, 5.41) is 2.00. The molecule has 4 amide bonds. The first kappa shape index (κ1) is 11.1. The van der Waals surface area contributed by atoms with Crippen LogP contribution < -0.4 is 5.32 Å². The van der Waals surface area contributed by atoms with E-state index in [2.05, 4.69) is 0 Å². The summed E-state index contributed by atoms with van der Waals surface area (Å²) in [6.07, 6.45) is -0.155. The van der Waals surface area contributed by atoms with Crippen molar-refractivity contribution >= 4 is 27.7 Å². The molecule has 1 unspecified atom stereocenters. The summed E-state index contributed by atoms with van der Waals surface area (Å²) < 4.78 is 22.4. The number of carbonyl (C=O) groups is 3. The third-order valence-electron chi connectivity index (χ3n) is 2.62. The molecule has 2 saturated heterocycles. The smallest absolute Gasteiger partial charge is 0.277 e. The Labute approximate surface area is 91.7 Å². The Kier molecular flexibility index (Phi) is 2.45. The predicted molar refractivity (Wildman–Crippen MR) is 52.1 cm³/mol. The van der Waals surface area contributed by atoms with Crippen LogP contribution in [-0.4, -0.2) is 48.7 Å². The molecule has 1 atom stereocenters. The lowest BCUT2D eigenvalue weighted by Gasteiger charge is -2.29. The molecule has 2 fully saturated rings.